The average molecular weight is 373 g/mol. The van der Waals surface area contributed by atoms with Crippen molar-refractivity contribution in [3.8, 4) is 17.6 Å². The Morgan fingerprint density at radius 2 is 2.04 bits per heavy atom. The molecule has 2 aromatic carbocycles. The van der Waals surface area contributed by atoms with Gasteiger partial charge in [0.15, 0.2) is 6.10 Å². The Labute approximate surface area is 154 Å². The van der Waals surface area contributed by atoms with Crippen molar-refractivity contribution in [3.63, 3.8) is 0 Å². The summed E-state index contributed by atoms with van der Waals surface area (Å²) in [6, 6.07) is 9.20. The summed E-state index contributed by atoms with van der Waals surface area (Å²) < 4.78 is 25.1. The van der Waals surface area contributed by atoms with Crippen molar-refractivity contribution in [2.75, 3.05) is 12.0 Å². The minimum Gasteiger partial charge on any atom is -0.497 e. The highest BCUT2D eigenvalue weighted by Gasteiger charge is 2.34. The first kappa shape index (κ1) is 17.8. The topological polar surface area (TPSA) is 62.6 Å². The van der Waals surface area contributed by atoms with Gasteiger partial charge < -0.3 is 9.47 Å². The highest BCUT2D eigenvalue weighted by molar-refractivity contribution is 6.32. The molecule has 0 saturated heterocycles. The number of methoxy groups -OCH3 is 1. The van der Waals surface area contributed by atoms with E-state index in [4.69, 9.17) is 26.3 Å². The first-order chi connectivity index (χ1) is 12.4. The normalized spacial score (nSPS) is 14.0. The van der Waals surface area contributed by atoms with Crippen LogP contribution in [-0.4, -0.2) is 19.1 Å². The quantitative estimate of drug-likeness (QED) is 0.797. The number of benzene rings is 2. The van der Waals surface area contributed by atoms with Crippen LogP contribution in [0.5, 0.6) is 11.5 Å². The molecule has 1 amide bonds. The van der Waals surface area contributed by atoms with Crippen LogP contribution in [0.4, 0.5) is 10.1 Å². The van der Waals surface area contributed by atoms with Gasteiger partial charge >= 0.3 is 0 Å². The summed E-state index contributed by atoms with van der Waals surface area (Å²) in [4.78, 5) is 14.0. The molecule has 1 heterocycles. The Morgan fingerprint density at radius 3 is 2.69 bits per heavy atom. The number of amides is 1. The van der Waals surface area contributed by atoms with Gasteiger partial charge in [-0.05, 0) is 31.2 Å². The standard InChI is InChI=1S/C19H14ClFN2O3/c1-10(9-22)26-18-8-17(16(21)7-15(18)20)23-11(2)13-5-4-12(25-3)6-14(13)19(23)24/h4-8,10H,2H2,1,3H3. The number of nitrogens with zero attached hydrogens (tertiary/aromatic N) is 2. The van der Waals surface area contributed by atoms with Gasteiger partial charge in [0.25, 0.3) is 5.91 Å². The van der Waals surface area contributed by atoms with Gasteiger partial charge in [-0.2, -0.15) is 5.26 Å². The first-order valence-electron chi connectivity index (χ1n) is 7.64. The van der Waals surface area contributed by atoms with Crippen molar-refractivity contribution in [1.29, 1.82) is 5.26 Å². The number of carbonyl (C=O) groups excluding carboxylic acids is 1. The Bertz CT molecular complexity index is 968. The lowest BCUT2D eigenvalue weighted by atomic mass is 10.1. The summed E-state index contributed by atoms with van der Waals surface area (Å²) in [5.74, 6) is -0.535. The molecule has 1 aliphatic rings. The minimum absolute atomic E-state index is 0.00444. The summed E-state index contributed by atoms with van der Waals surface area (Å²) in [7, 11) is 1.49. The molecular weight excluding hydrogens is 359 g/mol. The van der Waals surface area contributed by atoms with Crippen molar-refractivity contribution in [3.05, 3.63) is 58.9 Å². The van der Waals surface area contributed by atoms with Gasteiger partial charge in [-0.25, -0.2) is 4.39 Å². The predicted molar refractivity (Wildman–Crippen MR) is 96.0 cm³/mol. The molecule has 2 aromatic rings. The van der Waals surface area contributed by atoms with E-state index < -0.39 is 17.8 Å². The molecule has 26 heavy (non-hydrogen) atoms. The molecule has 0 radical (unpaired) electrons. The van der Waals surface area contributed by atoms with Crippen LogP contribution in [0.2, 0.25) is 5.02 Å². The largest absolute Gasteiger partial charge is 0.497 e. The van der Waals surface area contributed by atoms with E-state index in [0.29, 0.717) is 22.6 Å². The van der Waals surface area contributed by atoms with Crippen LogP contribution in [0.15, 0.2) is 36.9 Å². The third-order valence-electron chi connectivity index (χ3n) is 3.97. The fourth-order valence-electron chi connectivity index (χ4n) is 2.69. The fourth-order valence-corrected chi connectivity index (χ4v) is 2.89. The number of ether oxygens (including phenoxy) is 2. The van der Waals surface area contributed by atoms with E-state index in [1.807, 2.05) is 6.07 Å². The van der Waals surface area contributed by atoms with Crippen molar-refractivity contribution in [1.82, 2.24) is 0 Å². The van der Waals surface area contributed by atoms with Gasteiger partial charge in [-0.3, -0.25) is 9.69 Å². The van der Waals surface area contributed by atoms with Crippen molar-refractivity contribution in [2.24, 2.45) is 0 Å². The highest BCUT2D eigenvalue weighted by Crippen LogP contribution is 2.41. The Kier molecular flexibility index (Phi) is 4.58. The van der Waals surface area contributed by atoms with Gasteiger partial charge in [0, 0.05) is 11.6 Å². The van der Waals surface area contributed by atoms with Crippen molar-refractivity contribution in [2.45, 2.75) is 13.0 Å². The molecule has 0 N–H and O–H groups in total. The zero-order chi connectivity index (χ0) is 19.0. The van der Waals surface area contributed by atoms with Crippen LogP contribution in [0.3, 0.4) is 0 Å². The smallest absolute Gasteiger partial charge is 0.263 e. The van der Waals surface area contributed by atoms with Crippen LogP contribution >= 0.6 is 11.6 Å². The van der Waals surface area contributed by atoms with E-state index in [0.717, 1.165) is 11.0 Å². The number of rotatable bonds is 4. The second-order valence-electron chi connectivity index (χ2n) is 5.62. The summed E-state index contributed by atoms with van der Waals surface area (Å²) >= 11 is 5.99. The van der Waals surface area contributed by atoms with Gasteiger partial charge in [0.1, 0.15) is 23.4 Å². The second-order valence-corrected chi connectivity index (χ2v) is 6.03. The molecule has 0 fully saturated rings. The van der Waals surface area contributed by atoms with E-state index >= 15 is 0 Å². The molecule has 1 aliphatic heterocycles. The first-order valence-corrected chi connectivity index (χ1v) is 8.02. The number of hydrogen-bond acceptors (Lipinski definition) is 4. The second kappa shape index (κ2) is 6.70. The molecule has 132 valence electrons. The molecule has 1 atom stereocenters. The summed E-state index contributed by atoms with van der Waals surface area (Å²) in [5, 5.41) is 8.90. The molecule has 0 aliphatic carbocycles. The van der Waals surface area contributed by atoms with Gasteiger partial charge in [0.05, 0.1) is 29.1 Å². The zero-order valence-electron chi connectivity index (χ0n) is 14.0. The molecule has 0 saturated carbocycles. The van der Waals surface area contributed by atoms with Crippen molar-refractivity contribution >= 4 is 28.9 Å². The van der Waals surface area contributed by atoms with Gasteiger partial charge in [-0.1, -0.05) is 18.2 Å². The molecule has 5 nitrogen and oxygen atoms in total. The molecular formula is C19H14ClFN2O3. The summed E-state index contributed by atoms with van der Waals surface area (Å²) in [6.07, 6.45) is -0.787. The third-order valence-corrected chi connectivity index (χ3v) is 4.26. The van der Waals surface area contributed by atoms with E-state index in [2.05, 4.69) is 6.58 Å². The third kappa shape index (κ3) is 2.87. The van der Waals surface area contributed by atoms with Crippen LogP contribution in [0, 0.1) is 17.1 Å². The number of hydrogen-bond donors (Lipinski definition) is 0. The van der Waals surface area contributed by atoms with E-state index in [-0.39, 0.29) is 16.5 Å². The number of halogens is 2. The summed E-state index contributed by atoms with van der Waals surface area (Å²) in [6.45, 7) is 5.43. The summed E-state index contributed by atoms with van der Waals surface area (Å²) in [5.41, 5.74) is 1.21. The maximum absolute atomic E-state index is 14.6. The lowest BCUT2D eigenvalue weighted by molar-refractivity contribution is 0.100. The maximum Gasteiger partial charge on any atom is 0.263 e. The number of anilines is 1. The lowest BCUT2D eigenvalue weighted by Crippen LogP contribution is -2.23. The predicted octanol–water partition coefficient (Wildman–Crippen LogP) is 4.41. The van der Waals surface area contributed by atoms with Crippen LogP contribution in [0.1, 0.15) is 22.8 Å². The fraction of sp³-hybridized carbons (Fsp3) is 0.158. The van der Waals surface area contributed by atoms with Gasteiger partial charge in [-0.15, -0.1) is 0 Å². The average Bonchev–Trinajstić information content (AvgIpc) is 2.87. The SMILES string of the molecule is C=C1c2ccc(OC)cc2C(=O)N1c1cc(OC(C)C#N)c(Cl)cc1F. The molecule has 0 spiro atoms. The molecule has 0 aromatic heterocycles. The lowest BCUT2D eigenvalue weighted by Gasteiger charge is -2.20. The van der Waals surface area contributed by atoms with Crippen LogP contribution in [0.25, 0.3) is 5.70 Å². The van der Waals surface area contributed by atoms with Crippen LogP contribution < -0.4 is 14.4 Å². The zero-order valence-corrected chi connectivity index (χ0v) is 14.8. The Hall–Kier alpha value is -3.04. The Morgan fingerprint density at radius 1 is 1.31 bits per heavy atom. The van der Waals surface area contributed by atoms with E-state index in [9.17, 15) is 9.18 Å². The number of carbonyl (C=O) groups is 1. The van der Waals surface area contributed by atoms with Gasteiger partial charge in [0.2, 0.25) is 0 Å². The molecule has 1 unspecified atom stereocenters. The number of nitriles is 1. The number of fused-ring (bicyclic) bond motifs is 1. The molecule has 7 heteroatoms. The molecule has 3 rings (SSSR count). The maximum atomic E-state index is 14.6. The monoisotopic (exact) mass is 372 g/mol. The molecule has 0 bridgehead atoms. The Balaban J connectivity index is 2.07. The van der Waals surface area contributed by atoms with E-state index in [1.54, 1.807) is 18.2 Å². The van der Waals surface area contributed by atoms with Crippen LogP contribution in [-0.2, 0) is 0 Å². The van der Waals surface area contributed by atoms with Crippen molar-refractivity contribution < 1.29 is 18.7 Å². The van der Waals surface area contributed by atoms with E-state index in [1.165, 1.54) is 20.1 Å². The highest BCUT2D eigenvalue weighted by atomic mass is 35.5. The minimum atomic E-state index is -0.787.